The van der Waals surface area contributed by atoms with Crippen molar-refractivity contribution in [2.45, 2.75) is 69.9 Å². The highest BCUT2D eigenvalue weighted by atomic mass is 16.3. The van der Waals surface area contributed by atoms with E-state index in [0.29, 0.717) is 18.4 Å². The lowest BCUT2D eigenvalue weighted by Crippen LogP contribution is -2.42. The molecule has 3 atom stereocenters. The molecule has 1 aliphatic heterocycles. The van der Waals surface area contributed by atoms with Gasteiger partial charge in [-0.2, -0.15) is 5.26 Å². The lowest BCUT2D eigenvalue weighted by atomic mass is 9.80. The van der Waals surface area contributed by atoms with Crippen molar-refractivity contribution in [3.63, 3.8) is 0 Å². The van der Waals surface area contributed by atoms with Crippen molar-refractivity contribution >= 4 is 0 Å². The van der Waals surface area contributed by atoms with Gasteiger partial charge in [0.1, 0.15) is 0 Å². The van der Waals surface area contributed by atoms with E-state index >= 15 is 0 Å². The van der Waals surface area contributed by atoms with Crippen LogP contribution >= 0.6 is 0 Å². The molecule has 0 aromatic rings. The largest absolute Gasteiger partial charge is 0.393 e. The lowest BCUT2D eigenvalue weighted by molar-refractivity contribution is 0.0219. The fourth-order valence-corrected chi connectivity index (χ4v) is 3.72. The number of hydrogen-bond acceptors (Lipinski definition) is 3. The average molecular weight is 250 g/mol. The quantitative estimate of drug-likeness (QED) is 0.763. The van der Waals surface area contributed by atoms with Crippen LogP contribution in [0.1, 0.15) is 57.8 Å². The smallest absolute Gasteiger partial charge is 0.0621 e. The molecular weight excluding hydrogens is 224 g/mol. The first-order valence-corrected chi connectivity index (χ1v) is 7.62. The molecule has 102 valence electrons. The first-order valence-electron chi connectivity index (χ1n) is 7.62. The molecule has 1 saturated heterocycles. The Bertz CT molecular complexity index is 287. The van der Waals surface area contributed by atoms with Gasteiger partial charge in [-0.25, -0.2) is 0 Å². The number of aliphatic hydroxyl groups excluding tert-OH is 1. The van der Waals surface area contributed by atoms with Crippen LogP contribution in [0.5, 0.6) is 0 Å². The molecule has 1 N–H and O–H groups in total. The van der Waals surface area contributed by atoms with Crippen LogP contribution in [0.3, 0.4) is 0 Å². The third kappa shape index (κ3) is 3.46. The van der Waals surface area contributed by atoms with E-state index in [9.17, 15) is 5.11 Å². The molecule has 3 nitrogen and oxygen atoms in total. The minimum Gasteiger partial charge on any atom is -0.393 e. The van der Waals surface area contributed by atoms with Crippen LogP contribution in [0.15, 0.2) is 0 Å². The highest BCUT2D eigenvalue weighted by Gasteiger charge is 2.36. The summed E-state index contributed by atoms with van der Waals surface area (Å²) in [6, 6.07) is 2.83. The second-order valence-corrected chi connectivity index (χ2v) is 5.88. The van der Waals surface area contributed by atoms with Crippen molar-refractivity contribution in [1.29, 1.82) is 5.26 Å². The highest BCUT2D eigenvalue weighted by molar-refractivity contribution is 4.90. The second-order valence-electron chi connectivity index (χ2n) is 5.88. The normalized spacial score (nSPS) is 33.4. The molecule has 1 aliphatic carbocycles. The summed E-state index contributed by atoms with van der Waals surface area (Å²) in [7, 11) is 0. The topological polar surface area (TPSA) is 47.3 Å². The fourth-order valence-electron chi connectivity index (χ4n) is 3.72. The van der Waals surface area contributed by atoms with E-state index in [4.69, 9.17) is 5.26 Å². The molecular formula is C15H26N2O. The van der Waals surface area contributed by atoms with Crippen LogP contribution in [0.2, 0.25) is 0 Å². The molecule has 0 bridgehead atoms. The molecule has 0 aromatic carbocycles. The van der Waals surface area contributed by atoms with Crippen LogP contribution in [0.4, 0.5) is 0 Å². The standard InChI is InChI=1S/C15H26N2O/c16-10-4-1-5-11-17-12-6-8-14(17)13-7-2-3-9-15(13)18/h13-15,18H,1-9,11-12H2. The molecule has 1 heterocycles. The highest BCUT2D eigenvalue weighted by Crippen LogP contribution is 2.34. The maximum Gasteiger partial charge on any atom is 0.0621 e. The Hall–Kier alpha value is -0.590. The van der Waals surface area contributed by atoms with Crippen LogP contribution in [-0.4, -0.2) is 35.2 Å². The summed E-state index contributed by atoms with van der Waals surface area (Å²) in [6.07, 6.45) is 10.0. The van der Waals surface area contributed by atoms with Gasteiger partial charge in [-0.3, -0.25) is 0 Å². The first kappa shape index (κ1) is 13.8. The van der Waals surface area contributed by atoms with Crippen LogP contribution in [0, 0.1) is 17.2 Å². The zero-order valence-corrected chi connectivity index (χ0v) is 11.4. The molecule has 18 heavy (non-hydrogen) atoms. The summed E-state index contributed by atoms with van der Waals surface area (Å²) >= 11 is 0. The average Bonchev–Trinajstić information content (AvgIpc) is 2.83. The van der Waals surface area contributed by atoms with Gasteiger partial charge in [0.05, 0.1) is 12.2 Å². The Labute approximate surface area is 111 Å². The van der Waals surface area contributed by atoms with E-state index < -0.39 is 0 Å². The van der Waals surface area contributed by atoms with E-state index in [0.717, 1.165) is 25.8 Å². The van der Waals surface area contributed by atoms with Crippen molar-refractivity contribution in [3.8, 4) is 6.07 Å². The maximum absolute atomic E-state index is 10.2. The monoisotopic (exact) mass is 250 g/mol. The summed E-state index contributed by atoms with van der Waals surface area (Å²) in [6.45, 7) is 2.32. The van der Waals surface area contributed by atoms with Crippen molar-refractivity contribution < 1.29 is 5.11 Å². The molecule has 2 aliphatic rings. The van der Waals surface area contributed by atoms with Gasteiger partial charge in [0.2, 0.25) is 0 Å². The molecule has 3 heteroatoms. The van der Waals surface area contributed by atoms with Crippen molar-refractivity contribution in [1.82, 2.24) is 4.90 Å². The van der Waals surface area contributed by atoms with Gasteiger partial charge < -0.3 is 10.0 Å². The van der Waals surface area contributed by atoms with E-state index in [2.05, 4.69) is 11.0 Å². The Morgan fingerprint density at radius 2 is 1.94 bits per heavy atom. The molecule has 1 saturated carbocycles. The fraction of sp³-hybridized carbons (Fsp3) is 0.933. The minimum absolute atomic E-state index is 0.0662. The Kier molecular flexibility index (Phi) is 5.46. The van der Waals surface area contributed by atoms with Crippen LogP contribution < -0.4 is 0 Å². The zero-order chi connectivity index (χ0) is 12.8. The summed E-state index contributed by atoms with van der Waals surface area (Å²) in [5, 5.41) is 18.7. The number of nitriles is 1. The van der Waals surface area contributed by atoms with Gasteiger partial charge in [-0.05, 0) is 51.6 Å². The Balaban J connectivity index is 1.81. The van der Waals surface area contributed by atoms with Gasteiger partial charge in [-0.1, -0.05) is 12.8 Å². The van der Waals surface area contributed by atoms with Gasteiger partial charge in [0.15, 0.2) is 0 Å². The number of rotatable bonds is 5. The molecule has 0 aromatic heterocycles. The van der Waals surface area contributed by atoms with E-state index in [-0.39, 0.29) is 6.10 Å². The summed E-state index contributed by atoms with van der Waals surface area (Å²) in [4.78, 5) is 2.58. The predicted octanol–water partition coefficient (Wildman–Crippen LogP) is 2.70. The second kappa shape index (κ2) is 7.11. The SMILES string of the molecule is N#CCCCCN1CCCC1C1CCCCC1O. The number of aliphatic hydroxyl groups is 1. The molecule has 3 unspecified atom stereocenters. The molecule has 0 amide bonds. The van der Waals surface area contributed by atoms with Crippen LogP contribution in [0.25, 0.3) is 0 Å². The van der Waals surface area contributed by atoms with Crippen molar-refractivity contribution in [2.75, 3.05) is 13.1 Å². The van der Waals surface area contributed by atoms with E-state index in [1.54, 1.807) is 0 Å². The predicted molar refractivity (Wildman–Crippen MR) is 72.0 cm³/mol. The Morgan fingerprint density at radius 3 is 2.72 bits per heavy atom. The molecule has 2 fully saturated rings. The zero-order valence-electron chi connectivity index (χ0n) is 11.4. The lowest BCUT2D eigenvalue weighted by Gasteiger charge is -2.37. The minimum atomic E-state index is -0.0662. The van der Waals surface area contributed by atoms with E-state index in [1.165, 1.54) is 38.6 Å². The van der Waals surface area contributed by atoms with Gasteiger partial charge in [0, 0.05) is 18.4 Å². The van der Waals surface area contributed by atoms with Crippen molar-refractivity contribution in [2.24, 2.45) is 5.92 Å². The Morgan fingerprint density at radius 1 is 1.11 bits per heavy atom. The van der Waals surface area contributed by atoms with Gasteiger partial charge in [-0.15, -0.1) is 0 Å². The summed E-state index contributed by atoms with van der Waals surface area (Å²) < 4.78 is 0. The first-order chi connectivity index (χ1) is 8.83. The number of unbranched alkanes of at least 4 members (excludes halogenated alkanes) is 2. The van der Waals surface area contributed by atoms with Crippen molar-refractivity contribution in [3.05, 3.63) is 0 Å². The molecule has 0 radical (unpaired) electrons. The molecule has 0 spiro atoms. The van der Waals surface area contributed by atoms with Gasteiger partial charge in [0.25, 0.3) is 0 Å². The van der Waals surface area contributed by atoms with E-state index in [1.807, 2.05) is 0 Å². The number of likely N-dealkylation sites (tertiary alicyclic amines) is 1. The van der Waals surface area contributed by atoms with Gasteiger partial charge >= 0.3 is 0 Å². The summed E-state index contributed by atoms with van der Waals surface area (Å²) in [5.41, 5.74) is 0. The third-order valence-corrected chi connectivity index (χ3v) is 4.67. The van der Waals surface area contributed by atoms with Crippen LogP contribution in [-0.2, 0) is 0 Å². The summed E-state index contributed by atoms with van der Waals surface area (Å²) in [5.74, 6) is 0.511. The maximum atomic E-state index is 10.2. The number of nitrogens with zero attached hydrogens (tertiary/aromatic N) is 2. The molecule has 2 rings (SSSR count). The number of hydrogen-bond donors (Lipinski definition) is 1. The third-order valence-electron chi connectivity index (χ3n) is 4.67.